The molecule has 0 atom stereocenters. The molecule has 0 bridgehead atoms. The predicted molar refractivity (Wildman–Crippen MR) is 143 cm³/mol. The van der Waals surface area contributed by atoms with Crippen molar-refractivity contribution in [1.29, 1.82) is 0 Å². The summed E-state index contributed by atoms with van der Waals surface area (Å²) < 4.78 is 84.2. The van der Waals surface area contributed by atoms with E-state index in [0.717, 1.165) is 17.7 Å². The van der Waals surface area contributed by atoms with Crippen LogP contribution in [0, 0.1) is 5.82 Å². The molecule has 0 spiro atoms. The molecule has 13 heteroatoms. The standard InChI is InChI=1S/C27H29F4N5O3S/c1-26(2,35-12-14-40(37,38)15-13-35)10-8-19-17-36(23-9-11-34(3)33-23)25-21(19)16-22(28)24(32-25)18-4-6-20(7-5-18)39-27(29,30)31/h4-7,9,11,16-17H,8,10,12-15H2,1-3H3. The van der Waals surface area contributed by atoms with Crippen LogP contribution in [0.1, 0.15) is 25.8 Å². The summed E-state index contributed by atoms with van der Waals surface area (Å²) in [7, 11) is -1.22. The molecule has 1 saturated heterocycles. The summed E-state index contributed by atoms with van der Waals surface area (Å²) in [4.78, 5) is 6.78. The summed E-state index contributed by atoms with van der Waals surface area (Å²) in [6.45, 7) is 5.09. The van der Waals surface area contributed by atoms with Gasteiger partial charge in [0, 0.05) is 55.1 Å². The Morgan fingerprint density at radius 1 is 1.05 bits per heavy atom. The molecular weight excluding hydrogens is 550 g/mol. The molecule has 1 fully saturated rings. The number of rotatable bonds is 7. The quantitative estimate of drug-likeness (QED) is 0.290. The fourth-order valence-electron chi connectivity index (χ4n) is 5.02. The van der Waals surface area contributed by atoms with E-state index in [9.17, 15) is 21.6 Å². The van der Waals surface area contributed by atoms with E-state index in [-0.39, 0.29) is 22.7 Å². The Morgan fingerprint density at radius 2 is 1.73 bits per heavy atom. The van der Waals surface area contributed by atoms with Gasteiger partial charge in [-0.25, -0.2) is 17.8 Å². The Bertz CT molecular complexity index is 1630. The van der Waals surface area contributed by atoms with Crippen LogP contribution in [0.25, 0.3) is 28.1 Å². The predicted octanol–water partition coefficient (Wildman–Crippen LogP) is 4.91. The van der Waals surface area contributed by atoms with Gasteiger partial charge in [-0.2, -0.15) is 5.10 Å². The zero-order chi connectivity index (χ0) is 28.9. The average molecular weight is 580 g/mol. The number of halogens is 4. The number of aromatic nitrogens is 4. The van der Waals surface area contributed by atoms with Crippen LogP contribution < -0.4 is 4.74 Å². The minimum atomic E-state index is -4.83. The van der Waals surface area contributed by atoms with Crippen LogP contribution in [-0.2, 0) is 23.3 Å². The van der Waals surface area contributed by atoms with Crippen LogP contribution in [0.15, 0.2) is 48.8 Å². The largest absolute Gasteiger partial charge is 0.573 e. The number of sulfone groups is 1. The highest BCUT2D eigenvalue weighted by Crippen LogP contribution is 2.33. The van der Waals surface area contributed by atoms with Crippen LogP contribution in [-0.4, -0.2) is 69.1 Å². The van der Waals surface area contributed by atoms with E-state index in [0.29, 0.717) is 48.3 Å². The summed E-state index contributed by atoms with van der Waals surface area (Å²) in [5.41, 5.74) is 1.31. The van der Waals surface area contributed by atoms with Crippen molar-refractivity contribution in [2.75, 3.05) is 24.6 Å². The second-order valence-corrected chi connectivity index (χ2v) is 12.9. The third kappa shape index (κ3) is 5.99. The molecule has 1 aliphatic heterocycles. The molecule has 0 amide bonds. The first kappa shape index (κ1) is 28.1. The van der Waals surface area contributed by atoms with Gasteiger partial charge < -0.3 is 4.74 Å². The van der Waals surface area contributed by atoms with E-state index >= 15 is 4.39 Å². The van der Waals surface area contributed by atoms with Crippen molar-refractivity contribution in [2.45, 2.75) is 38.6 Å². The number of pyridine rings is 1. The number of aryl methyl sites for hydroxylation is 2. The molecule has 5 rings (SSSR count). The third-order valence-corrected chi connectivity index (χ3v) is 8.94. The molecule has 0 N–H and O–H groups in total. The molecule has 0 aliphatic carbocycles. The molecule has 3 aromatic heterocycles. The first-order valence-electron chi connectivity index (χ1n) is 12.7. The van der Waals surface area contributed by atoms with E-state index in [2.05, 4.69) is 33.6 Å². The lowest BCUT2D eigenvalue weighted by Crippen LogP contribution is -2.51. The van der Waals surface area contributed by atoms with Crippen molar-refractivity contribution in [3.8, 4) is 22.8 Å². The lowest BCUT2D eigenvalue weighted by molar-refractivity contribution is -0.274. The van der Waals surface area contributed by atoms with Crippen molar-refractivity contribution < 1.29 is 30.7 Å². The molecule has 0 saturated carbocycles. The molecule has 0 unspecified atom stereocenters. The van der Waals surface area contributed by atoms with Gasteiger partial charge in [-0.3, -0.25) is 14.1 Å². The van der Waals surface area contributed by atoms with Gasteiger partial charge in [0.05, 0.1) is 11.5 Å². The Kier molecular flexibility index (Phi) is 7.15. The van der Waals surface area contributed by atoms with E-state index in [4.69, 9.17) is 0 Å². The van der Waals surface area contributed by atoms with Crippen LogP contribution >= 0.6 is 0 Å². The number of fused-ring (bicyclic) bond motifs is 1. The van der Waals surface area contributed by atoms with Crippen molar-refractivity contribution in [1.82, 2.24) is 24.2 Å². The van der Waals surface area contributed by atoms with Crippen LogP contribution in [0.4, 0.5) is 17.6 Å². The van der Waals surface area contributed by atoms with Crippen LogP contribution in [0.3, 0.4) is 0 Å². The maximum Gasteiger partial charge on any atom is 0.573 e. The third-order valence-electron chi connectivity index (χ3n) is 7.33. The first-order chi connectivity index (χ1) is 18.7. The highest BCUT2D eigenvalue weighted by atomic mass is 32.2. The average Bonchev–Trinajstić information content (AvgIpc) is 3.44. The monoisotopic (exact) mass is 579 g/mol. The lowest BCUT2D eigenvalue weighted by atomic mass is 9.93. The van der Waals surface area contributed by atoms with E-state index < -0.39 is 27.8 Å². The Hall–Kier alpha value is -3.45. The summed E-state index contributed by atoms with van der Waals surface area (Å²) in [6.07, 6.45) is 0.0947. The van der Waals surface area contributed by atoms with Crippen molar-refractivity contribution in [3.05, 3.63) is 60.2 Å². The van der Waals surface area contributed by atoms with Crippen LogP contribution in [0.5, 0.6) is 5.75 Å². The molecule has 214 valence electrons. The van der Waals surface area contributed by atoms with Gasteiger partial charge >= 0.3 is 6.36 Å². The molecule has 1 aromatic carbocycles. The van der Waals surface area contributed by atoms with Crippen molar-refractivity contribution in [2.24, 2.45) is 7.05 Å². The zero-order valence-corrected chi connectivity index (χ0v) is 23.1. The molecule has 8 nitrogen and oxygen atoms in total. The fraction of sp³-hybridized carbons (Fsp3) is 0.407. The maximum atomic E-state index is 15.4. The second kappa shape index (κ2) is 10.2. The van der Waals surface area contributed by atoms with Gasteiger partial charge in [0.2, 0.25) is 0 Å². The van der Waals surface area contributed by atoms with Crippen molar-refractivity contribution in [3.63, 3.8) is 0 Å². The molecular formula is C27H29F4N5O3S. The Labute approximate surface area is 229 Å². The topological polar surface area (TPSA) is 82.2 Å². The van der Waals surface area contributed by atoms with Gasteiger partial charge in [0.15, 0.2) is 15.7 Å². The van der Waals surface area contributed by atoms with Gasteiger partial charge in [0.1, 0.15) is 22.9 Å². The zero-order valence-electron chi connectivity index (χ0n) is 22.2. The number of ether oxygens (including phenoxy) is 1. The summed E-state index contributed by atoms with van der Waals surface area (Å²) in [5, 5.41) is 5.07. The van der Waals surface area contributed by atoms with Gasteiger partial charge in [0.25, 0.3) is 0 Å². The first-order valence-corrected chi connectivity index (χ1v) is 14.6. The Morgan fingerprint density at radius 3 is 2.33 bits per heavy atom. The van der Waals surface area contributed by atoms with E-state index in [1.807, 2.05) is 6.20 Å². The Balaban J connectivity index is 1.49. The molecule has 1 aliphatic rings. The number of alkyl halides is 3. The number of hydrogen-bond acceptors (Lipinski definition) is 6. The number of hydrogen-bond donors (Lipinski definition) is 0. The van der Waals surface area contributed by atoms with Gasteiger partial charge in [-0.05, 0) is 62.6 Å². The minimum absolute atomic E-state index is 0.0113. The second-order valence-electron chi connectivity index (χ2n) is 10.6. The molecule has 0 radical (unpaired) electrons. The van der Waals surface area contributed by atoms with Crippen LogP contribution in [0.2, 0.25) is 0 Å². The molecule has 4 heterocycles. The number of nitrogens with zero attached hydrogens (tertiary/aromatic N) is 5. The number of benzene rings is 1. The van der Waals surface area contributed by atoms with E-state index in [1.54, 1.807) is 28.6 Å². The summed E-state index contributed by atoms with van der Waals surface area (Å²) in [6, 6.07) is 8.09. The SMILES string of the molecule is Cn1ccc(-n2cc(CCC(C)(C)N3CCS(=O)(=O)CC3)c3cc(F)c(-c4ccc(OC(F)(F)F)cc4)nc32)n1. The van der Waals surface area contributed by atoms with Gasteiger partial charge in [-0.1, -0.05) is 0 Å². The highest BCUT2D eigenvalue weighted by molar-refractivity contribution is 7.91. The smallest absolute Gasteiger partial charge is 0.406 e. The molecule has 40 heavy (non-hydrogen) atoms. The van der Waals surface area contributed by atoms with E-state index in [1.165, 1.54) is 18.2 Å². The van der Waals surface area contributed by atoms with Gasteiger partial charge in [-0.15, -0.1) is 13.2 Å². The molecule has 4 aromatic rings. The summed E-state index contributed by atoms with van der Waals surface area (Å²) in [5.74, 6) is -0.172. The highest BCUT2D eigenvalue weighted by Gasteiger charge is 2.33. The van der Waals surface area contributed by atoms with Crippen molar-refractivity contribution >= 4 is 20.9 Å². The lowest BCUT2D eigenvalue weighted by Gasteiger charge is -2.41. The normalized spacial score (nSPS) is 16.5. The maximum absolute atomic E-state index is 15.4. The minimum Gasteiger partial charge on any atom is -0.406 e. The fourth-order valence-corrected chi connectivity index (χ4v) is 6.23. The summed E-state index contributed by atoms with van der Waals surface area (Å²) >= 11 is 0.